The lowest BCUT2D eigenvalue weighted by atomic mass is 10.0. The number of nitrogens with one attached hydrogen (secondary N) is 1. The van der Waals surface area contributed by atoms with Gasteiger partial charge < -0.3 is 14.7 Å². The second-order valence-corrected chi connectivity index (χ2v) is 7.83. The Balaban J connectivity index is 1.63. The van der Waals surface area contributed by atoms with Gasteiger partial charge in [0.2, 0.25) is 0 Å². The molecule has 4 rings (SSSR count). The number of hydrogen-bond donors (Lipinski definition) is 1. The molecule has 2 aromatic rings. The number of carbonyl (C=O) groups excluding carboxylic acids is 1. The first-order chi connectivity index (χ1) is 13.0. The summed E-state index contributed by atoms with van der Waals surface area (Å²) in [6.45, 7) is 7.29. The van der Waals surface area contributed by atoms with Crippen molar-refractivity contribution in [3.8, 4) is 0 Å². The fourth-order valence-corrected chi connectivity index (χ4v) is 4.07. The molecule has 27 heavy (non-hydrogen) atoms. The predicted octanol–water partition coefficient (Wildman–Crippen LogP) is 0.972. The molecule has 3 heterocycles. The van der Waals surface area contributed by atoms with Crippen LogP contribution >= 0.6 is 11.6 Å². The molecule has 6 nitrogen and oxygen atoms in total. The largest absolute Gasteiger partial charge is 0.345 e. The SMILES string of the molecule is Cc1nc2c(c(N3CC[NH+](C)CC3)n1)CN(C(=O)c1ccccc1Cl)CC2. The first-order valence-electron chi connectivity index (χ1n) is 9.49. The number of nitrogens with zero attached hydrogens (tertiary/aromatic N) is 4. The van der Waals surface area contributed by atoms with Crippen molar-refractivity contribution in [2.75, 3.05) is 44.7 Å². The lowest BCUT2D eigenvalue weighted by Gasteiger charge is -2.35. The fraction of sp³-hybridized carbons (Fsp3) is 0.450. The van der Waals surface area contributed by atoms with Crippen LogP contribution in [0.5, 0.6) is 0 Å². The normalized spacial score (nSPS) is 17.7. The summed E-state index contributed by atoms with van der Waals surface area (Å²) in [6.07, 6.45) is 0.751. The molecule has 0 saturated carbocycles. The van der Waals surface area contributed by atoms with E-state index >= 15 is 0 Å². The van der Waals surface area contributed by atoms with E-state index in [1.165, 1.54) is 0 Å². The van der Waals surface area contributed by atoms with E-state index in [0.717, 1.165) is 55.5 Å². The van der Waals surface area contributed by atoms with E-state index in [-0.39, 0.29) is 5.91 Å². The summed E-state index contributed by atoms with van der Waals surface area (Å²) in [4.78, 5) is 28.2. The van der Waals surface area contributed by atoms with Crippen LogP contribution in [0.25, 0.3) is 0 Å². The highest BCUT2D eigenvalue weighted by Crippen LogP contribution is 2.28. The van der Waals surface area contributed by atoms with Crippen molar-refractivity contribution in [3.05, 3.63) is 51.9 Å². The molecule has 1 N–H and O–H groups in total. The van der Waals surface area contributed by atoms with Gasteiger partial charge in [-0.1, -0.05) is 23.7 Å². The van der Waals surface area contributed by atoms with Crippen LogP contribution in [0.1, 0.15) is 27.4 Å². The molecule has 0 bridgehead atoms. The Kier molecular flexibility index (Phi) is 5.02. The minimum atomic E-state index is -0.0272. The Hall–Kier alpha value is -2.18. The van der Waals surface area contributed by atoms with E-state index < -0.39 is 0 Å². The van der Waals surface area contributed by atoms with E-state index in [4.69, 9.17) is 16.6 Å². The number of carbonyl (C=O) groups is 1. The fourth-order valence-electron chi connectivity index (χ4n) is 3.86. The van der Waals surface area contributed by atoms with E-state index in [1.807, 2.05) is 24.0 Å². The average Bonchev–Trinajstić information content (AvgIpc) is 2.67. The zero-order valence-corrected chi connectivity index (χ0v) is 16.6. The highest BCUT2D eigenvalue weighted by atomic mass is 35.5. The zero-order chi connectivity index (χ0) is 19.0. The molecule has 2 aliphatic heterocycles. The standard InChI is InChI=1S/C20H24ClN5O/c1-14-22-18-7-8-26(20(27)15-5-3-4-6-17(15)21)13-16(18)19(23-14)25-11-9-24(2)10-12-25/h3-6H,7-13H2,1-2H3/p+1. The molecule has 1 saturated heterocycles. The van der Waals surface area contributed by atoms with Crippen LogP contribution in [-0.2, 0) is 13.0 Å². The Morgan fingerprint density at radius 3 is 2.63 bits per heavy atom. The summed E-state index contributed by atoms with van der Waals surface area (Å²) < 4.78 is 0. The number of likely N-dealkylation sites (N-methyl/N-ethyl adjacent to an activating group) is 1. The number of benzene rings is 1. The number of anilines is 1. The van der Waals surface area contributed by atoms with E-state index in [1.54, 1.807) is 17.0 Å². The van der Waals surface area contributed by atoms with Crippen LogP contribution in [0, 0.1) is 6.92 Å². The molecule has 0 radical (unpaired) electrons. The van der Waals surface area contributed by atoms with Gasteiger partial charge in [0.25, 0.3) is 5.91 Å². The molecular formula is C20H25ClN5O+. The summed E-state index contributed by atoms with van der Waals surface area (Å²) in [5.41, 5.74) is 2.72. The van der Waals surface area contributed by atoms with Crippen LogP contribution in [0.15, 0.2) is 24.3 Å². The summed E-state index contributed by atoms with van der Waals surface area (Å²) in [7, 11) is 2.22. The molecule has 0 atom stereocenters. The van der Waals surface area contributed by atoms with Gasteiger partial charge in [-0.3, -0.25) is 4.79 Å². The van der Waals surface area contributed by atoms with Crippen LogP contribution < -0.4 is 9.80 Å². The third kappa shape index (κ3) is 3.64. The lowest BCUT2D eigenvalue weighted by molar-refractivity contribution is -0.880. The molecule has 7 heteroatoms. The van der Waals surface area contributed by atoms with Crippen LogP contribution in [0.3, 0.4) is 0 Å². The van der Waals surface area contributed by atoms with Crippen molar-refractivity contribution in [3.63, 3.8) is 0 Å². The number of amides is 1. The minimum absolute atomic E-state index is 0.0272. The van der Waals surface area contributed by atoms with Crippen molar-refractivity contribution in [1.82, 2.24) is 14.9 Å². The molecular weight excluding hydrogens is 362 g/mol. The van der Waals surface area contributed by atoms with Crippen molar-refractivity contribution >= 4 is 23.3 Å². The molecule has 2 aliphatic rings. The Morgan fingerprint density at radius 1 is 1.15 bits per heavy atom. The molecule has 0 aliphatic carbocycles. The van der Waals surface area contributed by atoms with E-state index in [2.05, 4.69) is 16.9 Å². The van der Waals surface area contributed by atoms with E-state index in [0.29, 0.717) is 23.7 Å². The van der Waals surface area contributed by atoms with Gasteiger partial charge in [-0.15, -0.1) is 0 Å². The Bertz CT molecular complexity index is 863. The number of halogens is 1. The molecule has 1 fully saturated rings. The molecule has 1 aromatic heterocycles. The maximum absolute atomic E-state index is 13.0. The smallest absolute Gasteiger partial charge is 0.255 e. The van der Waals surface area contributed by atoms with Crippen molar-refractivity contribution < 1.29 is 9.69 Å². The lowest BCUT2D eigenvalue weighted by Crippen LogP contribution is -3.12. The minimum Gasteiger partial charge on any atom is -0.345 e. The number of fused-ring (bicyclic) bond motifs is 1. The van der Waals surface area contributed by atoms with Crippen molar-refractivity contribution in [2.45, 2.75) is 19.9 Å². The number of aromatic nitrogens is 2. The van der Waals surface area contributed by atoms with Crippen LogP contribution in [-0.4, -0.2) is 60.5 Å². The monoisotopic (exact) mass is 386 g/mol. The summed E-state index contributed by atoms with van der Waals surface area (Å²) in [6, 6.07) is 7.24. The second kappa shape index (κ2) is 7.44. The van der Waals surface area contributed by atoms with Crippen LogP contribution in [0.2, 0.25) is 5.02 Å². The number of hydrogen-bond acceptors (Lipinski definition) is 4. The molecule has 0 unspecified atom stereocenters. The summed E-state index contributed by atoms with van der Waals surface area (Å²) in [5, 5.41) is 0.496. The molecule has 142 valence electrons. The number of piperazine rings is 1. The molecule has 1 aromatic carbocycles. The van der Waals surface area contributed by atoms with Crippen molar-refractivity contribution in [1.29, 1.82) is 0 Å². The predicted molar refractivity (Wildman–Crippen MR) is 105 cm³/mol. The van der Waals surface area contributed by atoms with Gasteiger partial charge in [-0.25, -0.2) is 9.97 Å². The van der Waals surface area contributed by atoms with Gasteiger partial charge in [-0.05, 0) is 19.1 Å². The van der Waals surface area contributed by atoms with Gasteiger partial charge in [0.1, 0.15) is 11.6 Å². The van der Waals surface area contributed by atoms with Gasteiger partial charge in [0.15, 0.2) is 0 Å². The quantitative estimate of drug-likeness (QED) is 0.835. The number of rotatable bonds is 2. The Labute approximate surface area is 164 Å². The number of aryl methyl sites for hydroxylation is 1. The first kappa shape index (κ1) is 18.2. The first-order valence-corrected chi connectivity index (χ1v) is 9.87. The third-order valence-corrected chi connectivity index (χ3v) is 5.79. The topological polar surface area (TPSA) is 53.8 Å². The van der Waals surface area contributed by atoms with Gasteiger partial charge in [-0.2, -0.15) is 0 Å². The maximum atomic E-state index is 13.0. The molecule has 0 spiro atoms. The average molecular weight is 387 g/mol. The maximum Gasteiger partial charge on any atom is 0.255 e. The second-order valence-electron chi connectivity index (χ2n) is 7.42. The third-order valence-electron chi connectivity index (χ3n) is 5.46. The van der Waals surface area contributed by atoms with Crippen LogP contribution in [0.4, 0.5) is 5.82 Å². The van der Waals surface area contributed by atoms with Gasteiger partial charge in [0.05, 0.1) is 56.1 Å². The molecule has 1 amide bonds. The van der Waals surface area contributed by atoms with Gasteiger partial charge >= 0.3 is 0 Å². The number of quaternary nitrogens is 1. The van der Waals surface area contributed by atoms with E-state index in [9.17, 15) is 4.79 Å². The summed E-state index contributed by atoms with van der Waals surface area (Å²) in [5.74, 6) is 1.78. The zero-order valence-electron chi connectivity index (χ0n) is 15.8. The Morgan fingerprint density at radius 2 is 1.89 bits per heavy atom. The summed E-state index contributed by atoms with van der Waals surface area (Å²) >= 11 is 6.24. The van der Waals surface area contributed by atoms with Crippen molar-refractivity contribution in [2.24, 2.45) is 0 Å². The van der Waals surface area contributed by atoms with Gasteiger partial charge in [0, 0.05) is 18.5 Å². The highest BCUT2D eigenvalue weighted by molar-refractivity contribution is 6.33. The highest BCUT2D eigenvalue weighted by Gasteiger charge is 2.29.